The molecule has 0 saturated carbocycles. The molecule has 3 aromatic rings. The normalized spacial score (nSPS) is 10.5. The van der Waals surface area contributed by atoms with Crippen molar-refractivity contribution in [3.8, 4) is 0 Å². The molecule has 0 bridgehead atoms. The van der Waals surface area contributed by atoms with Crippen LogP contribution in [0, 0.1) is 0 Å². The number of hydrogen-bond acceptors (Lipinski definition) is 2. The third kappa shape index (κ3) is 3.49. The van der Waals surface area contributed by atoms with Crippen LogP contribution in [0.15, 0.2) is 84.9 Å². The van der Waals surface area contributed by atoms with Gasteiger partial charge in [-0.15, -0.1) is 0 Å². The first-order valence-electron chi connectivity index (χ1n) is 8.29. The van der Waals surface area contributed by atoms with Gasteiger partial charge < -0.3 is 10.0 Å². The van der Waals surface area contributed by atoms with Crippen LogP contribution in [-0.2, 0) is 4.79 Å². The van der Waals surface area contributed by atoms with Crippen LogP contribution in [0.2, 0.25) is 0 Å². The van der Waals surface area contributed by atoms with E-state index in [-0.39, 0.29) is 11.5 Å². The summed E-state index contributed by atoms with van der Waals surface area (Å²) >= 11 is 0. The number of carbonyl (C=O) groups is 2. The lowest BCUT2D eigenvalue weighted by molar-refractivity contribution is -0.118. The summed E-state index contributed by atoms with van der Waals surface area (Å²) < 4.78 is 0. The third-order valence-electron chi connectivity index (χ3n) is 4.34. The minimum atomic E-state index is -1.06. The predicted octanol–water partition coefficient (Wildman–Crippen LogP) is 4.18. The van der Waals surface area contributed by atoms with Crippen molar-refractivity contribution in [3.63, 3.8) is 0 Å². The van der Waals surface area contributed by atoms with Crippen LogP contribution in [0.5, 0.6) is 0 Å². The van der Waals surface area contributed by atoms with Gasteiger partial charge in [-0.2, -0.15) is 0 Å². The summed E-state index contributed by atoms with van der Waals surface area (Å²) in [6.07, 6.45) is 0. The molecule has 0 aliphatic rings. The molecule has 0 spiro atoms. The van der Waals surface area contributed by atoms with E-state index in [0.717, 1.165) is 11.1 Å². The minimum Gasteiger partial charge on any atom is -0.478 e. The first-order valence-corrected chi connectivity index (χ1v) is 8.29. The number of benzene rings is 3. The number of amides is 1. The first kappa shape index (κ1) is 17.4. The second-order valence-electron chi connectivity index (χ2n) is 5.97. The summed E-state index contributed by atoms with van der Waals surface area (Å²) in [4.78, 5) is 26.3. The molecule has 0 radical (unpaired) electrons. The molecule has 0 atom stereocenters. The fraction of sp³-hybridized carbons (Fsp3) is 0.0909. The predicted molar refractivity (Wildman–Crippen MR) is 102 cm³/mol. The van der Waals surface area contributed by atoms with Gasteiger partial charge in [-0.25, -0.2) is 4.79 Å². The van der Waals surface area contributed by atoms with Gasteiger partial charge in [-0.1, -0.05) is 72.8 Å². The van der Waals surface area contributed by atoms with Crippen LogP contribution in [0.3, 0.4) is 0 Å². The van der Waals surface area contributed by atoms with E-state index in [1.54, 1.807) is 25.2 Å². The highest BCUT2D eigenvalue weighted by Crippen LogP contribution is 2.29. The quantitative estimate of drug-likeness (QED) is 0.755. The molecule has 130 valence electrons. The van der Waals surface area contributed by atoms with E-state index in [9.17, 15) is 14.7 Å². The average molecular weight is 345 g/mol. The van der Waals surface area contributed by atoms with Gasteiger partial charge in [-0.05, 0) is 23.3 Å². The van der Waals surface area contributed by atoms with E-state index < -0.39 is 11.9 Å². The largest absolute Gasteiger partial charge is 0.478 e. The van der Waals surface area contributed by atoms with Gasteiger partial charge in [0, 0.05) is 7.05 Å². The summed E-state index contributed by atoms with van der Waals surface area (Å²) in [7, 11) is 1.61. The number of likely N-dealkylation sites (N-methyl/N-ethyl adjacent to an activating group) is 1. The average Bonchev–Trinajstić information content (AvgIpc) is 2.69. The fourth-order valence-corrected chi connectivity index (χ4v) is 3.03. The molecule has 0 fully saturated rings. The maximum Gasteiger partial charge on any atom is 0.337 e. The van der Waals surface area contributed by atoms with Gasteiger partial charge in [0.25, 0.3) is 0 Å². The van der Waals surface area contributed by atoms with Crippen molar-refractivity contribution >= 4 is 17.6 Å². The number of carboxylic acids is 1. The van der Waals surface area contributed by atoms with E-state index in [2.05, 4.69) is 0 Å². The standard InChI is InChI=1S/C22H19NO3/c1-23(19-15-9-8-14-18(19)22(25)26)21(24)20(16-10-4-2-5-11-16)17-12-6-3-7-13-17/h2-15,20H,1H3,(H,25,26). The topological polar surface area (TPSA) is 57.6 Å². The second-order valence-corrected chi connectivity index (χ2v) is 5.97. The maximum atomic E-state index is 13.4. The number of rotatable bonds is 5. The number of anilines is 1. The Morgan fingerprint density at radius 1 is 0.769 bits per heavy atom. The Morgan fingerprint density at radius 3 is 1.73 bits per heavy atom. The summed E-state index contributed by atoms with van der Waals surface area (Å²) in [6.45, 7) is 0. The molecule has 3 aromatic carbocycles. The van der Waals surface area contributed by atoms with Crippen molar-refractivity contribution in [1.29, 1.82) is 0 Å². The molecule has 0 saturated heterocycles. The monoisotopic (exact) mass is 345 g/mol. The van der Waals surface area contributed by atoms with Crippen molar-refractivity contribution in [2.45, 2.75) is 5.92 Å². The van der Waals surface area contributed by atoms with Crippen molar-refractivity contribution in [2.75, 3.05) is 11.9 Å². The third-order valence-corrected chi connectivity index (χ3v) is 4.34. The van der Waals surface area contributed by atoms with Crippen molar-refractivity contribution in [1.82, 2.24) is 0 Å². The van der Waals surface area contributed by atoms with Gasteiger partial charge in [0.2, 0.25) is 5.91 Å². The van der Waals surface area contributed by atoms with E-state index in [4.69, 9.17) is 0 Å². The highest BCUT2D eigenvalue weighted by Gasteiger charge is 2.28. The van der Waals surface area contributed by atoms with Crippen LogP contribution in [-0.4, -0.2) is 24.0 Å². The Balaban J connectivity index is 2.05. The van der Waals surface area contributed by atoms with Crippen molar-refractivity contribution < 1.29 is 14.7 Å². The minimum absolute atomic E-state index is 0.100. The Morgan fingerprint density at radius 2 is 1.23 bits per heavy atom. The molecule has 3 rings (SSSR count). The highest BCUT2D eigenvalue weighted by atomic mass is 16.4. The Labute approximate surface area is 152 Å². The number of para-hydroxylation sites is 1. The second kappa shape index (κ2) is 7.66. The zero-order valence-electron chi connectivity index (χ0n) is 14.4. The van der Waals surface area contributed by atoms with Gasteiger partial charge in [0.1, 0.15) is 0 Å². The molecule has 4 nitrogen and oxygen atoms in total. The fourth-order valence-electron chi connectivity index (χ4n) is 3.03. The Hall–Kier alpha value is -3.40. The summed E-state index contributed by atoms with van der Waals surface area (Å²) in [5.74, 6) is -1.75. The molecule has 26 heavy (non-hydrogen) atoms. The highest BCUT2D eigenvalue weighted by molar-refractivity contribution is 6.05. The van der Waals surface area contributed by atoms with Gasteiger partial charge in [0.15, 0.2) is 0 Å². The zero-order chi connectivity index (χ0) is 18.5. The first-order chi connectivity index (χ1) is 12.6. The lowest BCUT2D eigenvalue weighted by atomic mass is 9.90. The number of hydrogen-bond donors (Lipinski definition) is 1. The zero-order valence-corrected chi connectivity index (χ0v) is 14.4. The van der Waals surface area contributed by atoms with E-state index in [1.165, 1.54) is 11.0 Å². The van der Waals surface area contributed by atoms with Gasteiger partial charge >= 0.3 is 5.97 Å². The smallest absolute Gasteiger partial charge is 0.337 e. The molecular formula is C22H19NO3. The molecule has 0 aromatic heterocycles. The molecule has 0 aliphatic heterocycles. The number of nitrogens with zero attached hydrogens (tertiary/aromatic N) is 1. The Bertz CT molecular complexity index is 867. The molecule has 0 heterocycles. The lowest BCUT2D eigenvalue weighted by Crippen LogP contribution is -2.33. The van der Waals surface area contributed by atoms with Crippen LogP contribution in [0.4, 0.5) is 5.69 Å². The van der Waals surface area contributed by atoms with E-state index >= 15 is 0 Å². The molecule has 0 aliphatic carbocycles. The Kier molecular flexibility index (Phi) is 5.13. The van der Waals surface area contributed by atoms with E-state index in [1.807, 2.05) is 60.7 Å². The number of aromatic carboxylic acids is 1. The maximum absolute atomic E-state index is 13.4. The van der Waals surface area contributed by atoms with Gasteiger partial charge in [-0.3, -0.25) is 4.79 Å². The van der Waals surface area contributed by atoms with E-state index in [0.29, 0.717) is 5.69 Å². The summed E-state index contributed by atoms with van der Waals surface area (Å²) in [5.41, 5.74) is 2.21. The molecule has 1 N–H and O–H groups in total. The number of carboxylic acid groups (broad SMARTS) is 1. The van der Waals surface area contributed by atoms with Crippen molar-refractivity contribution in [3.05, 3.63) is 102 Å². The number of carbonyl (C=O) groups excluding carboxylic acids is 1. The molecule has 0 unspecified atom stereocenters. The van der Waals surface area contributed by atoms with Crippen LogP contribution < -0.4 is 4.90 Å². The SMILES string of the molecule is CN(C(=O)C(c1ccccc1)c1ccccc1)c1ccccc1C(=O)O. The van der Waals surface area contributed by atoms with Crippen molar-refractivity contribution in [2.24, 2.45) is 0 Å². The lowest BCUT2D eigenvalue weighted by Gasteiger charge is -2.25. The summed E-state index contributed by atoms with van der Waals surface area (Å²) in [5, 5.41) is 9.43. The van der Waals surface area contributed by atoms with Crippen LogP contribution >= 0.6 is 0 Å². The molecule has 4 heteroatoms. The molecular weight excluding hydrogens is 326 g/mol. The molecule has 1 amide bonds. The van der Waals surface area contributed by atoms with Gasteiger partial charge in [0.05, 0.1) is 17.2 Å². The summed E-state index contributed by atoms with van der Waals surface area (Å²) in [6, 6.07) is 25.5. The van der Waals surface area contributed by atoms with Crippen LogP contribution in [0.25, 0.3) is 0 Å². The van der Waals surface area contributed by atoms with Crippen LogP contribution in [0.1, 0.15) is 27.4 Å².